The number of hydrogen-bond acceptors (Lipinski definition) is 5. The number of hydrogen-bond donors (Lipinski definition) is 2. The maximum absolute atomic E-state index is 12.8. The normalized spacial score (nSPS) is 23.6. The van der Waals surface area contributed by atoms with Gasteiger partial charge in [-0.25, -0.2) is 0 Å². The minimum Gasteiger partial charge on any atom is -0.396 e. The van der Waals surface area contributed by atoms with E-state index in [0.717, 1.165) is 37.2 Å². The smallest absolute Gasteiger partial charge is 0.255 e. The van der Waals surface area contributed by atoms with Crippen LogP contribution in [0.4, 0.5) is 5.69 Å². The van der Waals surface area contributed by atoms with Crippen molar-refractivity contribution in [2.24, 2.45) is 5.92 Å². The van der Waals surface area contributed by atoms with Gasteiger partial charge in [0.25, 0.3) is 5.91 Å². The minimum atomic E-state index is -0.620. The molecule has 0 aromatic heterocycles. The SMILES string of the molecule is O=C1CCC(N2Cc3cc(N4CCC(CO)CC4)c(Cl)cc3C2=O)C(=O)N1. The van der Waals surface area contributed by atoms with Gasteiger partial charge in [-0.1, -0.05) is 11.6 Å². The number of piperidine rings is 2. The zero-order valence-corrected chi connectivity index (χ0v) is 15.7. The number of aliphatic hydroxyl groups is 1. The first-order valence-corrected chi connectivity index (χ1v) is 9.68. The number of anilines is 1. The summed E-state index contributed by atoms with van der Waals surface area (Å²) in [6, 6.07) is 3.02. The van der Waals surface area contributed by atoms with Crippen LogP contribution in [0.15, 0.2) is 12.1 Å². The van der Waals surface area contributed by atoms with Crippen LogP contribution in [0.2, 0.25) is 5.02 Å². The summed E-state index contributed by atoms with van der Waals surface area (Å²) in [6.45, 7) is 2.18. The molecular formula is C19H22ClN3O4. The van der Waals surface area contributed by atoms with Gasteiger partial charge in [-0.15, -0.1) is 0 Å². The van der Waals surface area contributed by atoms with E-state index in [9.17, 15) is 19.5 Å². The summed E-state index contributed by atoms with van der Waals surface area (Å²) < 4.78 is 0. The lowest BCUT2D eigenvalue weighted by atomic mass is 9.97. The molecule has 8 heteroatoms. The van der Waals surface area contributed by atoms with Crippen molar-refractivity contribution in [2.75, 3.05) is 24.6 Å². The second-order valence-electron chi connectivity index (χ2n) is 7.47. The zero-order chi connectivity index (χ0) is 19.1. The van der Waals surface area contributed by atoms with Crippen molar-refractivity contribution in [1.82, 2.24) is 10.2 Å². The van der Waals surface area contributed by atoms with E-state index in [2.05, 4.69) is 10.2 Å². The quantitative estimate of drug-likeness (QED) is 0.758. The van der Waals surface area contributed by atoms with Gasteiger partial charge in [0.2, 0.25) is 11.8 Å². The number of aliphatic hydroxyl groups excluding tert-OH is 1. The van der Waals surface area contributed by atoms with E-state index in [1.807, 2.05) is 6.07 Å². The molecule has 2 saturated heterocycles. The van der Waals surface area contributed by atoms with E-state index < -0.39 is 11.9 Å². The number of fused-ring (bicyclic) bond motifs is 1. The van der Waals surface area contributed by atoms with Crippen molar-refractivity contribution in [3.05, 3.63) is 28.3 Å². The van der Waals surface area contributed by atoms with Gasteiger partial charge in [-0.2, -0.15) is 0 Å². The molecule has 1 unspecified atom stereocenters. The van der Waals surface area contributed by atoms with Crippen molar-refractivity contribution in [3.63, 3.8) is 0 Å². The Bertz CT molecular complexity index is 804. The van der Waals surface area contributed by atoms with Gasteiger partial charge in [-0.3, -0.25) is 19.7 Å². The molecule has 0 radical (unpaired) electrons. The highest BCUT2D eigenvalue weighted by molar-refractivity contribution is 6.33. The van der Waals surface area contributed by atoms with Crippen LogP contribution in [-0.2, 0) is 16.1 Å². The Labute approximate surface area is 162 Å². The van der Waals surface area contributed by atoms with Crippen LogP contribution in [0.5, 0.6) is 0 Å². The van der Waals surface area contributed by atoms with Crippen LogP contribution in [-0.4, -0.2) is 53.5 Å². The molecule has 3 aliphatic heterocycles. The van der Waals surface area contributed by atoms with E-state index in [1.165, 1.54) is 4.90 Å². The number of imide groups is 1. The Hall–Kier alpha value is -2.12. The van der Waals surface area contributed by atoms with Crippen LogP contribution in [0, 0.1) is 5.92 Å². The van der Waals surface area contributed by atoms with E-state index >= 15 is 0 Å². The average Bonchev–Trinajstić information content (AvgIpc) is 2.97. The Morgan fingerprint density at radius 1 is 1.15 bits per heavy atom. The summed E-state index contributed by atoms with van der Waals surface area (Å²) in [5, 5.41) is 12.1. The van der Waals surface area contributed by atoms with Gasteiger partial charge >= 0.3 is 0 Å². The standard InChI is InChI=1S/C19H22ClN3O4/c20-14-8-13-12(7-16(14)22-5-3-11(10-24)4-6-22)9-23(19(13)27)15-1-2-17(25)21-18(15)26/h7-8,11,15,24H,1-6,9-10H2,(H,21,25,26). The third kappa shape index (κ3) is 3.30. The van der Waals surface area contributed by atoms with E-state index in [4.69, 9.17) is 11.6 Å². The Balaban J connectivity index is 1.55. The molecule has 0 spiro atoms. The predicted molar refractivity (Wildman–Crippen MR) is 99.5 cm³/mol. The Kier molecular flexibility index (Phi) is 4.82. The van der Waals surface area contributed by atoms with Crippen LogP contribution >= 0.6 is 11.6 Å². The first kappa shape index (κ1) is 18.3. The lowest BCUT2D eigenvalue weighted by Crippen LogP contribution is -2.52. The molecule has 2 fully saturated rings. The number of benzene rings is 1. The lowest BCUT2D eigenvalue weighted by Gasteiger charge is -2.33. The fraction of sp³-hybridized carbons (Fsp3) is 0.526. The van der Waals surface area contributed by atoms with Crippen molar-refractivity contribution >= 4 is 35.0 Å². The molecule has 4 rings (SSSR count). The number of amides is 3. The van der Waals surface area contributed by atoms with Gasteiger partial charge < -0.3 is 14.9 Å². The summed E-state index contributed by atoms with van der Waals surface area (Å²) >= 11 is 6.47. The maximum Gasteiger partial charge on any atom is 0.255 e. The molecule has 1 atom stereocenters. The molecule has 0 saturated carbocycles. The van der Waals surface area contributed by atoms with Crippen molar-refractivity contribution in [2.45, 2.75) is 38.3 Å². The fourth-order valence-corrected chi connectivity index (χ4v) is 4.46. The van der Waals surface area contributed by atoms with E-state index in [-0.39, 0.29) is 24.8 Å². The summed E-state index contributed by atoms with van der Waals surface area (Å²) in [4.78, 5) is 40.0. The van der Waals surface area contributed by atoms with Gasteiger partial charge in [0.15, 0.2) is 0 Å². The number of halogens is 1. The zero-order valence-electron chi connectivity index (χ0n) is 14.9. The third-order valence-electron chi connectivity index (χ3n) is 5.80. The van der Waals surface area contributed by atoms with Crippen LogP contribution in [0.1, 0.15) is 41.6 Å². The minimum absolute atomic E-state index is 0.210. The molecule has 144 valence electrons. The summed E-state index contributed by atoms with van der Waals surface area (Å²) in [5.41, 5.74) is 2.27. The summed E-state index contributed by atoms with van der Waals surface area (Å²) in [6.07, 6.45) is 2.40. The second kappa shape index (κ2) is 7.13. The van der Waals surface area contributed by atoms with E-state index in [0.29, 0.717) is 29.5 Å². The van der Waals surface area contributed by atoms with Gasteiger partial charge in [-0.05, 0) is 42.9 Å². The van der Waals surface area contributed by atoms with Gasteiger partial charge in [0.1, 0.15) is 6.04 Å². The predicted octanol–water partition coefficient (Wildman–Crippen LogP) is 1.31. The molecule has 27 heavy (non-hydrogen) atoms. The average molecular weight is 392 g/mol. The summed E-state index contributed by atoms with van der Waals surface area (Å²) in [5.74, 6) is -0.590. The largest absolute Gasteiger partial charge is 0.396 e. The van der Waals surface area contributed by atoms with Gasteiger partial charge in [0, 0.05) is 38.2 Å². The number of carbonyl (C=O) groups is 3. The van der Waals surface area contributed by atoms with Crippen LogP contribution in [0.25, 0.3) is 0 Å². The molecule has 1 aromatic rings. The number of rotatable bonds is 3. The first-order valence-electron chi connectivity index (χ1n) is 9.31. The highest BCUT2D eigenvalue weighted by Crippen LogP contribution is 2.36. The molecule has 3 heterocycles. The molecule has 3 aliphatic rings. The third-order valence-corrected chi connectivity index (χ3v) is 6.11. The van der Waals surface area contributed by atoms with Crippen molar-refractivity contribution < 1.29 is 19.5 Å². The number of nitrogens with zero attached hydrogens (tertiary/aromatic N) is 2. The topological polar surface area (TPSA) is 90.0 Å². The highest BCUT2D eigenvalue weighted by atomic mass is 35.5. The lowest BCUT2D eigenvalue weighted by molar-refractivity contribution is -0.136. The van der Waals surface area contributed by atoms with Crippen molar-refractivity contribution in [3.8, 4) is 0 Å². The molecule has 1 aromatic carbocycles. The molecular weight excluding hydrogens is 370 g/mol. The second-order valence-corrected chi connectivity index (χ2v) is 7.88. The van der Waals surface area contributed by atoms with Crippen molar-refractivity contribution in [1.29, 1.82) is 0 Å². The van der Waals surface area contributed by atoms with Gasteiger partial charge in [0.05, 0.1) is 10.7 Å². The van der Waals surface area contributed by atoms with Crippen LogP contribution < -0.4 is 10.2 Å². The summed E-state index contributed by atoms with van der Waals surface area (Å²) in [7, 11) is 0. The molecule has 3 amide bonds. The Morgan fingerprint density at radius 2 is 1.89 bits per heavy atom. The molecule has 2 N–H and O–H groups in total. The maximum atomic E-state index is 12.8. The van der Waals surface area contributed by atoms with Crippen LogP contribution in [0.3, 0.4) is 0 Å². The monoisotopic (exact) mass is 391 g/mol. The fourth-order valence-electron chi connectivity index (χ4n) is 4.18. The van der Waals surface area contributed by atoms with E-state index in [1.54, 1.807) is 6.07 Å². The first-order chi connectivity index (χ1) is 13.0. The Morgan fingerprint density at radius 3 is 2.56 bits per heavy atom. The number of carbonyl (C=O) groups excluding carboxylic acids is 3. The number of nitrogens with one attached hydrogen (secondary N) is 1. The molecule has 7 nitrogen and oxygen atoms in total. The molecule has 0 aliphatic carbocycles. The highest BCUT2D eigenvalue weighted by Gasteiger charge is 2.39. The molecule has 0 bridgehead atoms.